The number of nitrogens with one attached hydrogen (secondary N) is 1. The third kappa shape index (κ3) is 3.52. The van der Waals surface area contributed by atoms with Crippen molar-refractivity contribution in [2.75, 3.05) is 5.75 Å². The second-order valence-corrected chi connectivity index (χ2v) is 6.91. The first-order valence-electron chi connectivity index (χ1n) is 6.75. The fourth-order valence-electron chi connectivity index (χ4n) is 2.21. The van der Waals surface area contributed by atoms with Crippen LogP contribution in [0.4, 0.5) is 4.39 Å². The summed E-state index contributed by atoms with van der Waals surface area (Å²) in [5, 5.41) is 12.6. The fourth-order valence-corrected chi connectivity index (χ4v) is 3.06. The molecule has 1 fully saturated rings. The van der Waals surface area contributed by atoms with Gasteiger partial charge in [-0.25, -0.2) is 4.39 Å². The molecule has 20 heavy (non-hydrogen) atoms. The summed E-state index contributed by atoms with van der Waals surface area (Å²) < 4.78 is 12.7. The molecule has 1 aliphatic carbocycles. The summed E-state index contributed by atoms with van der Waals surface area (Å²) in [6.07, 6.45) is 0.718. The summed E-state index contributed by atoms with van der Waals surface area (Å²) in [7, 11) is 0. The van der Waals surface area contributed by atoms with Gasteiger partial charge in [-0.1, -0.05) is 13.8 Å². The molecule has 0 aromatic heterocycles. The molecule has 0 saturated heterocycles. The first-order valence-corrected chi connectivity index (χ1v) is 7.74. The Kier molecular flexibility index (Phi) is 4.70. The van der Waals surface area contributed by atoms with Crippen molar-refractivity contribution in [3.05, 3.63) is 30.1 Å². The number of carbonyl (C=O) groups is 1. The minimum atomic E-state index is -0.332. The Morgan fingerprint density at radius 3 is 2.65 bits per heavy atom. The van der Waals surface area contributed by atoms with Gasteiger partial charge >= 0.3 is 0 Å². The van der Waals surface area contributed by atoms with Crippen molar-refractivity contribution in [2.45, 2.75) is 43.7 Å². The summed E-state index contributed by atoms with van der Waals surface area (Å²) in [5.41, 5.74) is -0.236. The Morgan fingerprint density at radius 1 is 1.45 bits per heavy atom. The van der Waals surface area contributed by atoms with E-state index in [2.05, 4.69) is 5.32 Å². The molecular formula is C15H20FNO2S. The van der Waals surface area contributed by atoms with E-state index < -0.39 is 0 Å². The van der Waals surface area contributed by atoms with Crippen LogP contribution in [0.25, 0.3) is 0 Å². The van der Waals surface area contributed by atoms with Crippen molar-refractivity contribution in [2.24, 2.45) is 5.41 Å². The van der Waals surface area contributed by atoms with E-state index in [4.69, 9.17) is 0 Å². The highest BCUT2D eigenvalue weighted by Gasteiger charge is 2.47. The van der Waals surface area contributed by atoms with E-state index in [0.29, 0.717) is 18.6 Å². The summed E-state index contributed by atoms with van der Waals surface area (Å²) in [4.78, 5) is 12.8. The van der Waals surface area contributed by atoms with Crippen molar-refractivity contribution in [1.29, 1.82) is 0 Å². The van der Waals surface area contributed by atoms with Gasteiger partial charge in [0.2, 0.25) is 5.91 Å². The molecule has 2 rings (SSSR count). The molecule has 1 saturated carbocycles. The van der Waals surface area contributed by atoms with Gasteiger partial charge in [0.25, 0.3) is 0 Å². The Balaban J connectivity index is 1.70. The second kappa shape index (κ2) is 6.14. The third-order valence-corrected chi connectivity index (χ3v) is 4.98. The lowest BCUT2D eigenvalue weighted by Crippen LogP contribution is -2.61. The summed E-state index contributed by atoms with van der Waals surface area (Å²) in [6.45, 7) is 3.92. The number of benzene rings is 1. The molecule has 0 radical (unpaired) electrons. The fraction of sp³-hybridized carbons (Fsp3) is 0.533. The van der Waals surface area contributed by atoms with Crippen LogP contribution in [-0.4, -0.2) is 28.9 Å². The minimum absolute atomic E-state index is 0.00425. The molecule has 1 aromatic carbocycles. The number of rotatable bonds is 5. The molecule has 1 aliphatic rings. The van der Waals surface area contributed by atoms with Crippen molar-refractivity contribution >= 4 is 17.7 Å². The normalized spacial score (nSPS) is 24.0. The van der Waals surface area contributed by atoms with Crippen molar-refractivity contribution < 1.29 is 14.3 Å². The Labute approximate surface area is 123 Å². The third-order valence-electron chi connectivity index (χ3n) is 3.96. The van der Waals surface area contributed by atoms with Crippen molar-refractivity contribution in [3.8, 4) is 0 Å². The van der Waals surface area contributed by atoms with E-state index >= 15 is 0 Å². The van der Waals surface area contributed by atoms with Gasteiger partial charge in [0.15, 0.2) is 0 Å². The van der Waals surface area contributed by atoms with Crippen LogP contribution < -0.4 is 5.32 Å². The van der Waals surface area contributed by atoms with Gasteiger partial charge in [0.05, 0.1) is 6.10 Å². The average molecular weight is 297 g/mol. The highest BCUT2D eigenvalue weighted by atomic mass is 32.2. The quantitative estimate of drug-likeness (QED) is 0.821. The largest absolute Gasteiger partial charge is 0.392 e. The standard InChI is InChI=1S/C15H20FNO2S/c1-15(2)12(9-13(15)18)17-14(19)7-8-20-11-5-3-10(16)4-6-11/h3-6,12-13,18H,7-9H2,1-2H3,(H,17,19). The zero-order valence-corrected chi connectivity index (χ0v) is 12.5. The zero-order valence-electron chi connectivity index (χ0n) is 11.7. The van der Waals surface area contributed by atoms with E-state index in [0.717, 1.165) is 4.90 Å². The number of carbonyl (C=O) groups excluding carboxylic acids is 1. The summed E-state index contributed by atoms with van der Waals surface area (Å²) >= 11 is 1.53. The first-order chi connectivity index (χ1) is 9.39. The molecule has 2 atom stereocenters. The predicted molar refractivity (Wildman–Crippen MR) is 78.1 cm³/mol. The van der Waals surface area contributed by atoms with E-state index in [1.54, 1.807) is 12.1 Å². The molecular weight excluding hydrogens is 277 g/mol. The summed E-state index contributed by atoms with van der Waals surface area (Å²) in [5.74, 6) is 0.412. The SMILES string of the molecule is CC1(C)C(O)CC1NC(=O)CCSc1ccc(F)cc1. The number of halogens is 1. The van der Waals surface area contributed by atoms with E-state index in [1.807, 2.05) is 13.8 Å². The Morgan fingerprint density at radius 2 is 2.10 bits per heavy atom. The van der Waals surface area contributed by atoms with Crippen LogP contribution >= 0.6 is 11.8 Å². The van der Waals surface area contributed by atoms with Gasteiger partial charge in [-0.05, 0) is 30.7 Å². The molecule has 0 spiro atoms. The number of hydrogen-bond acceptors (Lipinski definition) is 3. The Bertz CT molecular complexity index is 475. The summed E-state index contributed by atoms with van der Waals surface area (Å²) in [6, 6.07) is 6.31. The van der Waals surface area contributed by atoms with Gasteiger partial charge in [-0.15, -0.1) is 11.8 Å². The molecule has 0 heterocycles. The minimum Gasteiger partial charge on any atom is -0.392 e. The van der Waals surface area contributed by atoms with Gasteiger partial charge in [-0.2, -0.15) is 0 Å². The van der Waals surface area contributed by atoms with Gasteiger partial charge in [0.1, 0.15) is 5.82 Å². The number of amides is 1. The molecule has 1 aromatic rings. The molecule has 5 heteroatoms. The number of aliphatic hydroxyl groups excluding tert-OH is 1. The lowest BCUT2D eigenvalue weighted by atomic mass is 9.64. The second-order valence-electron chi connectivity index (χ2n) is 5.75. The maximum atomic E-state index is 12.7. The Hall–Kier alpha value is -1.07. The smallest absolute Gasteiger partial charge is 0.221 e. The lowest BCUT2D eigenvalue weighted by Gasteiger charge is -2.49. The topological polar surface area (TPSA) is 49.3 Å². The zero-order chi connectivity index (χ0) is 14.8. The number of hydrogen-bond donors (Lipinski definition) is 2. The van der Waals surface area contributed by atoms with E-state index in [9.17, 15) is 14.3 Å². The number of thioether (sulfide) groups is 1. The van der Waals surface area contributed by atoms with Crippen molar-refractivity contribution in [3.63, 3.8) is 0 Å². The highest BCUT2D eigenvalue weighted by Crippen LogP contribution is 2.40. The molecule has 2 unspecified atom stereocenters. The lowest BCUT2D eigenvalue weighted by molar-refractivity contribution is -0.128. The molecule has 0 aliphatic heterocycles. The molecule has 110 valence electrons. The van der Waals surface area contributed by atoms with Crippen LogP contribution in [0.2, 0.25) is 0 Å². The maximum absolute atomic E-state index is 12.7. The molecule has 3 nitrogen and oxygen atoms in total. The monoisotopic (exact) mass is 297 g/mol. The maximum Gasteiger partial charge on any atom is 0.221 e. The van der Waals surface area contributed by atoms with Crippen LogP contribution in [0.5, 0.6) is 0 Å². The molecule has 2 N–H and O–H groups in total. The van der Waals surface area contributed by atoms with Crippen LogP contribution in [0.15, 0.2) is 29.2 Å². The van der Waals surface area contributed by atoms with Crippen LogP contribution in [0, 0.1) is 11.2 Å². The van der Waals surface area contributed by atoms with Gasteiger partial charge < -0.3 is 10.4 Å². The molecule has 0 bridgehead atoms. The molecule has 1 amide bonds. The van der Waals surface area contributed by atoms with Crippen molar-refractivity contribution in [1.82, 2.24) is 5.32 Å². The van der Waals surface area contributed by atoms with Crippen LogP contribution in [0.1, 0.15) is 26.7 Å². The number of aliphatic hydroxyl groups is 1. The first kappa shape index (κ1) is 15.3. The predicted octanol–water partition coefficient (Wildman–Crippen LogP) is 2.58. The van der Waals surface area contributed by atoms with E-state index in [1.165, 1.54) is 23.9 Å². The van der Waals surface area contributed by atoms with Crippen LogP contribution in [-0.2, 0) is 4.79 Å². The van der Waals surface area contributed by atoms with E-state index in [-0.39, 0.29) is 29.3 Å². The highest BCUT2D eigenvalue weighted by molar-refractivity contribution is 7.99. The van der Waals surface area contributed by atoms with Gasteiger partial charge in [-0.3, -0.25) is 4.79 Å². The van der Waals surface area contributed by atoms with Crippen LogP contribution in [0.3, 0.4) is 0 Å². The van der Waals surface area contributed by atoms with Gasteiger partial charge in [0, 0.05) is 28.5 Å². The average Bonchev–Trinajstić information content (AvgIpc) is 2.41.